The Kier molecular flexibility index (Phi) is 7.24. The van der Waals surface area contributed by atoms with Crippen molar-refractivity contribution in [2.24, 2.45) is 5.92 Å². The summed E-state index contributed by atoms with van der Waals surface area (Å²) >= 11 is 0. The van der Waals surface area contributed by atoms with Crippen molar-refractivity contribution in [1.82, 2.24) is 15.1 Å². The van der Waals surface area contributed by atoms with Crippen molar-refractivity contribution in [1.29, 1.82) is 0 Å². The van der Waals surface area contributed by atoms with E-state index in [1.165, 1.54) is 17.0 Å². The third-order valence-corrected chi connectivity index (χ3v) is 4.52. The first-order chi connectivity index (χ1) is 12.7. The molecule has 1 aromatic rings. The number of nitrogens with zero attached hydrogens (tertiary/aromatic N) is 2. The maximum atomic E-state index is 12.8. The Morgan fingerprint density at radius 3 is 2.26 bits per heavy atom. The van der Waals surface area contributed by atoms with Crippen LogP contribution in [-0.2, 0) is 11.0 Å². The van der Waals surface area contributed by atoms with Crippen molar-refractivity contribution >= 4 is 11.8 Å². The van der Waals surface area contributed by atoms with Crippen LogP contribution in [0.15, 0.2) is 24.3 Å². The molecule has 5 nitrogen and oxygen atoms in total. The van der Waals surface area contributed by atoms with Crippen LogP contribution in [-0.4, -0.2) is 60.9 Å². The minimum Gasteiger partial charge on any atom is -0.339 e. The van der Waals surface area contributed by atoms with Crippen molar-refractivity contribution in [3.63, 3.8) is 0 Å². The summed E-state index contributed by atoms with van der Waals surface area (Å²) in [4.78, 5) is 28.5. The zero-order chi connectivity index (χ0) is 20.0. The van der Waals surface area contributed by atoms with Crippen LogP contribution < -0.4 is 5.32 Å². The summed E-state index contributed by atoms with van der Waals surface area (Å²) in [6, 6.07) is 4.13. The molecule has 2 rings (SSSR count). The maximum absolute atomic E-state index is 12.8. The van der Waals surface area contributed by atoms with Gasteiger partial charge < -0.3 is 15.1 Å². The lowest BCUT2D eigenvalue weighted by molar-refractivity contribution is -0.137. The van der Waals surface area contributed by atoms with Gasteiger partial charge in [0.05, 0.1) is 5.56 Å². The molecule has 0 spiro atoms. The van der Waals surface area contributed by atoms with Crippen molar-refractivity contribution in [3.8, 4) is 0 Å². The second kappa shape index (κ2) is 9.21. The molecule has 1 aromatic carbocycles. The zero-order valence-corrected chi connectivity index (χ0v) is 15.7. The number of carbonyl (C=O) groups is 2. The summed E-state index contributed by atoms with van der Waals surface area (Å²) < 4.78 is 38.1. The van der Waals surface area contributed by atoms with E-state index in [2.05, 4.69) is 5.32 Å². The van der Waals surface area contributed by atoms with E-state index in [1.807, 2.05) is 13.8 Å². The Hall–Kier alpha value is -2.09. The number of hydrogen-bond acceptors (Lipinski definition) is 3. The Morgan fingerprint density at radius 2 is 1.74 bits per heavy atom. The van der Waals surface area contributed by atoms with Crippen molar-refractivity contribution < 1.29 is 22.8 Å². The van der Waals surface area contributed by atoms with Crippen molar-refractivity contribution in [2.75, 3.05) is 39.3 Å². The van der Waals surface area contributed by atoms with E-state index < -0.39 is 17.6 Å². The predicted molar refractivity (Wildman–Crippen MR) is 96.3 cm³/mol. The molecule has 0 saturated carbocycles. The molecule has 0 radical (unpaired) electrons. The summed E-state index contributed by atoms with van der Waals surface area (Å²) in [5.41, 5.74) is -0.649. The summed E-state index contributed by atoms with van der Waals surface area (Å²) in [5.74, 6) is -0.226. The predicted octanol–water partition coefficient (Wildman–Crippen LogP) is 2.63. The molecule has 1 fully saturated rings. The van der Waals surface area contributed by atoms with Gasteiger partial charge in [-0.1, -0.05) is 13.8 Å². The molecule has 1 aliphatic rings. The molecule has 1 aliphatic heterocycles. The number of benzene rings is 1. The molecule has 8 heteroatoms. The highest BCUT2D eigenvalue weighted by Crippen LogP contribution is 2.29. The third kappa shape index (κ3) is 6.23. The molecule has 0 atom stereocenters. The fraction of sp³-hybridized carbons (Fsp3) is 0.579. The number of amides is 2. The molecule has 0 unspecified atom stereocenters. The Labute approximate surface area is 157 Å². The number of halogens is 3. The zero-order valence-electron chi connectivity index (χ0n) is 15.7. The molecule has 27 heavy (non-hydrogen) atoms. The number of rotatable bonds is 6. The quantitative estimate of drug-likeness (QED) is 0.819. The number of piperazine rings is 1. The van der Waals surface area contributed by atoms with Crippen molar-refractivity contribution in [3.05, 3.63) is 35.4 Å². The number of nitrogens with one attached hydrogen (secondary N) is 1. The van der Waals surface area contributed by atoms with Gasteiger partial charge in [0.2, 0.25) is 5.91 Å². The second-order valence-corrected chi connectivity index (χ2v) is 7.12. The van der Waals surface area contributed by atoms with E-state index in [9.17, 15) is 22.8 Å². The van der Waals surface area contributed by atoms with Gasteiger partial charge in [-0.05, 0) is 36.6 Å². The lowest BCUT2D eigenvalue weighted by Crippen LogP contribution is -2.50. The smallest absolute Gasteiger partial charge is 0.339 e. The van der Waals surface area contributed by atoms with Gasteiger partial charge in [-0.2, -0.15) is 13.2 Å². The van der Waals surface area contributed by atoms with Crippen LogP contribution in [0, 0.1) is 5.92 Å². The first-order valence-corrected chi connectivity index (χ1v) is 9.13. The second-order valence-electron chi connectivity index (χ2n) is 7.12. The summed E-state index contributed by atoms with van der Waals surface area (Å²) in [6.07, 6.45) is -3.74. The van der Waals surface area contributed by atoms with Crippen molar-refractivity contribution in [2.45, 2.75) is 26.4 Å². The minimum atomic E-state index is -4.45. The molecule has 0 aromatic heterocycles. The van der Waals surface area contributed by atoms with Crippen LogP contribution >= 0.6 is 0 Å². The SMILES string of the molecule is CC(C)CCN(CC(=O)N1CCNCC1)C(=O)c1ccc(C(F)(F)F)cc1. The standard InChI is InChI=1S/C19H26F3N3O2/c1-14(2)7-10-25(13-17(26)24-11-8-23-9-12-24)18(27)15-3-5-16(6-4-15)19(20,21)22/h3-6,14,23H,7-13H2,1-2H3. The van der Waals surface area contributed by atoms with Crippen LogP contribution in [0.3, 0.4) is 0 Å². The van der Waals surface area contributed by atoms with Crippen LogP contribution in [0.4, 0.5) is 13.2 Å². The topological polar surface area (TPSA) is 52.7 Å². The molecule has 150 valence electrons. The fourth-order valence-corrected chi connectivity index (χ4v) is 2.83. The molecule has 2 amide bonds. The monoisotopic (exact) mass is 385 g/mol. The van der Waals surface area contributed by atoms with Gasteiger partial charge >= 0.3 is 6.18 Å². The average molecular weight is 385 g/mol. The highest BCUT2D eigenvalue weighted by Gasteiger charge is 2.30. The summed E-state index contributed by atoms with van der Waals surface area (Å²) in [5, 5.41) is 3.16. The highest BCUT2D eigenvalue weighted by molar-refractivity contribution is 5.96. The van der Waals surface area contributed by atoms with E-state index in [0.717, 1.165) is 12.1 Å². The molecule has 0 bridgehead atoms. The highest BCUT2D eigenvalue weighted by atomic mass is 19.4. The van der Waals surface area contributed by atoms with Gasteiger partial charge in [0.15, 0.2) is 0 Å². The fourth-order valence-electron chi connectivity index (χ4n) is 2.83. The van der Waals surface area contributed by atoms with E-state index in [-0.39, 0.29) is 18.0 Å². The van der Waals surface area contributed by atoms with E-state index in [0.29, 0.717) is 45.1 Å². The van der Waals surface area contributed by atoms with Gasteiger partial charge in [0.25, 0.3) is 5.91 Å². The number of alkyl halides is 3. The molecule has 1 heterocycles. The van der Waals surface area contributed by atoms with Crippen LogP contribution in [0.25, 0.3) is 0 Å². The van der Waals surface area contributed by atoms with E-state index in [1.54, 1.807) is 4.90 Å². The van der Waals surface area contributed by atoms with E-state index >= 15 is 0 Å². The lowest BCUT2D eigenvalue weighted by atomic mass is 10.1. The van der Waals surface area contributed by atoms with Gasteiger partial charge in [-0.15, -0.1) is 0 Å². The van der Waals surface area contributed by atoms with Gasteiger partial charge in [-0.3, -0.25) is 9.59 Å². The Balaban J connectivity index is 2.11. The maximum Gasteiger partial charge on any atom is 0.416 e. The molecular formula is C19H26F3N3O2. The third-order valence-electron chi connectivity index (χ3n) is 4.52. The van der Waals surface area contributed by atoms with Crippen LogP contribution in [0.1, 0.15) is 36.2 Å². The average Bonchev–Trinajstić information content (AvgIpc) is 2.64. The summed E-state index contributed by atoms with van der Waals surface area (Å²) in [6.45, 7) is 6.95. The Bertz CT molecular complexity index is 639. The largest absolute Gasteiger partial charge is 0.416 e. The Morgan fingerprint density at radius 1 is 1.15 bits per heavy atom. The molecule has 0 aliphatic carbocycles. The molecular weight excluding hydrogens is 359 g/mol. The van der Waals surface area contributed by atoms with Gasteiger partial charge in [-0.25, -0.2) is 0 Å². The van der Waals surface area contributed by atoms with Gasteiger partial charge in [0, 0.05) is 38.3 Å². The normalized spacial score (nSPS) is 15.1. The number of carbonyl (C=O) groups excluding carboxylic acids is 2. The number of hydrogen-bond donors (Lipinski definition) is 1. The molecule has 1 N–H and O–H groups in total. The first kappa shape index (κ1) is 21.2. The van der Waals surface area contributed by atoms with Crippen LogP contribution in [0.5, 0.6) is 0 Å². The molecule has 1 saturated heterocycles. The minimum absolute atomic E-state index is 0.0629. The lowest BCUT2D eigenvalue weighted by Gasteiger charge is -2.31. The van der Waals surface area contributed by atoms with Gasteiger partial charge in [0.1, 0.15) is 6.54 Å². The first-order valence-electron chi connectivity index (χ1n) is 9.13. The van der Waals surface area contributed by atoms with Crippen LogP contribution in [0.2, 0.25) is 0 Å². The van der Waals surface area contributed by atoms with E-state index in [4.69, 9.17) is 0 Å². The summed E-state index contributed by atoms with van der Waals surface area (Å²) in [7, 11) is 0.